The second-order valence-corrected chi connectivity index (χ2v) is 3.92. The highest BCUT2D eigenvalue weighted by Crippen LogP contribution is 2.34. The van der Waals surface area contributed by atoms with Crippen LogP contribution in [-0.4, -0.2) is 12.1 Å². The van der Waals surface area contributed by atoms with Crippen LogP contribution >= 0.6 is 0 Å². The second kappa shape index (κ2) is 3.63. The Hall–Kier alpha value is -2.29. The summed E-state index contributed by atoms with van der Waals surface area (Å²) >= 11 is 0. The van der Waals surface area contributed by atoms with Gasteiger partial charge in [0.05, 0.1) is 7.11 Å². The highest BCUT2D eigenvalue weighted by atomic mass is 16.5. The van der Waals surface area contributed by atoms with Gasteiger partial charge in [0.25, 0.3) is 0 Å². The number of fused-ring (bicyclic) bond motifs is 3. The van der Waals surface area contributed by atoms with Gasteiger partial charge in [0.15, 0.2) is 0 Å². The summed E-state index contributed by atoms with van der Waals surface area (Å²) in [5, 5.41) is 4.26. The normalized spacial score (nSPS) is 10.9. The first-order chi connectivity index (χ1) is 8.31. The van der Waals surface area contributed by atoms with E-state index >= 15 is 0 Å². The molecule has 3 nitrogen and oxygen atoms in total. The zero-order valence-corrected chi connectivity index (χ0v) is 9.47. The average Bonchev–Trinajstić information content (AvgIpc) is 2.38. The number of nitrogen functional groups attached to an aromatic ring is 1. The Bertz CT molecular complexity index is 707. The van der Waals surface area contributed by atoms with Gasteiger partial charge in [0.1, 0.15) is 11.6 Å². The predicted molar refractivity (Wildman–Crippen MR) is 70.2 cm³/mol. The van der Waals surface area contributed by atoms with Crippen LogP contribution in [0.3, 0.4) is 0 Å². The van der Waals surface area contributed by atoms with Gasteiger partial charge in [-0.3, -0.25) is 0 Å². The van der Waals surface area contributed by atoms with Crippen LogP contribution in [0.2, 0.25) is 0 Å². The van der Waals surface area contributed by atoms with E-state index in [0.29, 0.717) is 5.82 Å². The van der Waals surface area contributed by atoms with Gasteiger partial charge < -0.3 is 10.5 Å². The number of ether oxygens (including phenoxy) is 1. The lowest BCUT2D eigenvalue weighted by atomic mass is 10.0. The molecular weight excluding hydrogens is 212 g/mol. The van der Waals surface area contributed by atoms with Crippen LogP contribution < -0.4 is 10.5 Å². The van der Waals surface area contributed by atoms with E-state index in [2.05, 4.69) is 11.1 Å². The summed E-state index contributed by atoms with van der Waals surface area (Å²) in [6.45, 7) is 0. The number of methoxy groups -OCH3 is 1. The minimum Gasteiger partial charge on any atom is -0.496 e. The number of nitrogens with two attached hydrogens (primary N) is 1. The van der Waals surface area contributed by atoms with E-state index in [1.165, 1.54) is 0 Å². The Morgan fingerprint density at radius 2 is 1.71 bits per heavy atom. The maximum atomic E-state index is 5.90. The number of aromatic nitrogens is 1. The van der Waals surface area contributed by atoms with Crippen LogP contribution in [0.25, 0.3) is 21.5 Å². The molecule has 0 saturated heterocycles. The molecular formula is C14H12N2O. The molecule has 1 aromatic heterocycles. The summed E-state index contributed by atoms with van der Waals surface area (Å²) < 4.78 is 5.41. The van der Waals surface area contributed by atoms with Crippen molar-refractivity contribution in [3.8, 4) is 5.75 Å². The molecule has 0 unspecified atom stereocenters. The van der Waals surface area contributed by atoms with Gasteiger partial charge in [-0.25, -0.2) is 4.98 Å². The smallest absolute Gasteiger partial charge is 0.131 e. The highest BCUT2D eigenvalue weighted by molar-refractivity contribution is 6.12. The average molecular weight is 224 g/mol. The Balaban J connectivity index is 2.59. The number of pyridine rings is 1. The minimum atomic E-state index is 0.534. The summed E-state index contributed by atoms with van der Waals surface area (Å²) in [4.78, 5) is 4.11. The molecule has 0 bridgehead atoms. The predicted octanol–water partition coefficient (Wildman–Crippen LogP) is 2.98. The second-order valence-electron chi connectivity index (χ2n) is 3.92. The fraction of sp³-hybridized carbons (Fsp3) is 0.0714. The molecule has 0 saturated carbocycles. The first-order valence-electron chi connectivity index (χ1n) is 5.41. The van der Waals surface area contributed by atoms with Gasteiger partial charge in [-0.15, -0.1) is 0 Å². The Kier molecular flexibility index (Phi) is 2.11. The maximum absolute atomic E-state index is 5.90. The molecule has 3 rings (SSSR count). The van der Waals surface area contributed by atoms with Crippen LogP contribution in [0.4, 0.5) is 5.82 Å². The molecule has 3 aromatic rings. The molecule has 2 N–H and O–H groups in total. The van der Waals surface area contributed by atoms with Crippen molar-refractivity contribution < 1.29 is 4.74 Å². The van der Waals surface area contributed by atoms with Crippen molar-refractivity contribution in [1.82, 2.24) is 4.98 Å². The summed E-state index contributed by atoms with van der Waals surface area (Å²) in [5.41, 5.74) is 5.90. The van der Waals surface area contributed by atoms with Gasteiger partial charge >= 0.3 is 0 Å². The molecule has 0 aliphatic rings. The van der Waals surface area contributed by atoms with E-state index in [0.717, 1.165) is 27.3 Å². The van der Waals surface area contributed by atoms with Crippen LogP contribution in [0.5, 0.6) is 5.75 Å². The summed E-state index contributed by atoms with van der Waals surface area (Å²) in [5.74, 6) is 1.36. The van der Waals surface area contributed by atoms with Crippen molar-refractivity contribution in [2.45, 2.75) is 0 Å². The molecule has 0 aliphatic heterocycles. The lowest BCUT2D eigenvalue weighted by Gasteiger charge is -2.10. The Labute approximate surface area is 98.8 Å². The third-order valence-corrected chi connectivity index (χ3v) is 3.00. The topological polar surface area (TPSA) is 48.1 Å². The van der Waals surface area contributed by atoms with E-state index in [4.69, 9.17) is 10.5 Å². The van der Waals surface area contributed by atoms with Crippen molar-refractivity contribution in [2.75, 3.05) is 12.8 Å². The summed E-state index contributed by atoms with van der Waals surface area (Å²) in [7, 11) is 1.67. The van der Waals surface area contributed by atoms with Gasteiger partial charge in [-0.2, -0.15) is 0 Å². The van der Waals surface area contributed by atoms with Crippen LogP contribution in [0.1, 0.15) is 0 Å². The van der Waals surface area contributed by atoms with Crippen LogP contribution in [-0.2, 0) is 0 Å². The number of rotatable bonds is 1. The van der Waals surface area contributed by atoms with E-state index in [9.17, 15) is 0 Å². The van der Waals surface area contributed by atoms with Crippen LogP contribution in [0, 0.1) is 0 Å². The maximum Gasteiger partial charge on any atom is 0.131 e. The molecule has 3 heteroatoms. The standard InChI is InChI=1S/C14H12N2O/c1-17-13-8-12-10(6-7-16-14(12)15)9-4-2-3-5-11(9)13/h2-8H,1H3,(H2,15,16). The van der Waals surface area contributed by atoms with Crippen molar-refractivity contribution in [3.05, 3.63) is 42.6 Å². The fourth-order valence-corrected chi connectivity index (χ4v) is 2.19. The van der Waals surface area contributed by atoms with Gasteiger partial charge in [0, 0.05) is 17.0 Å². The third kappa shape index (κ3) is 1.40. The SMILES string of the molecule is COc1cc2c(N)nccc2c2ccccc12. The van der Waals surface area contributed by atoms with Crippen molar-refractivity contribution in [1.29, 1.82) is 0 Å². The molecule has 84 valence electrons. The minimum absolute atomic E-state index is 0.534. The summed E-state index contributed by atoms with van der Waals surface area (Å²) in [6.07, 6.45) is 1.73. The molecule has 0 fully saturated rings. The first kappa shape index (κ1) is 9.90. The molecule has 0 amide bonds. The number of hydrogen-bond acceptors (Lipinski definition) is 3. The lowest BCUT2D eigenvalue weighted by molar-refractivity contribution is 0.420. The first-order valence-corrected chi connectivity index (χ1v) is 5.41. The quantitative estimate of drug-likeness (QED) is 0.646. The number of hydrogen-bond donors (Lipinski definition) is 1. The molecule has 2 aromatic carbocycles. The van der Waals surface area contributed by atoms with Crippen molar-refractivity contribution >= 4 is 27.4 Å². The fourth-order valence-electron chi connectivity index (χ4n) is 2.19. The molecule has 17 heavy (non-hydrogen) atoms. The van der Waals surface area contributed by atoms with E-state index in [1.807, 2.05) is 30.3 Å². The highest BCUT2D eigenvalue weighted by Gasteiger charge is 2.08. The van der Waals surface area contributed by atoms with Crippen LogP contribution in [0.15, 0.2) is 42.6 Å². The number of benzene rings is 2. The van der Waals surface area contributed by atoms with Gasteiger partial charge in [-0.1, -0.05) is 24.3 Å². The van der Waals surface area contributed by atoms with Crippen molar-refractivity contribution in [2.24, 2.45) is 0 Å². The van der Waals surface area contributed by atoms with Gasteiger partial charge in [-0.05, 0) is 22.9 Å². The zero-order chi connectivity index (χ0) is 11.8. The largest absolute Gasteiger partial charge is 0.496 e. The van der Waals surface area contributed by atoms with E-state index in [-0.39, 0.29) is 0 Å². The molecule has 0 atom stereocenters. The molecule has 0 aliphatic carbocycles. The monoisotopic (exact) mass is 224 g/mol. The Morgan fingerprint density at radius 1 is 1.00 bits per heavy atom. The van der Waals surface area contributed by atoms with E-state index < -0.39 is 0 Å². The molecule has 1 heterocycles. The molecule has 0 spiro atoms. The number of anilines is 1. The lowest BCUT2D eigenvalue weighted by Crippen LogP contribution is -1.93. The summed E-state index contributed by atoms with van der Waals surface area (Å²) in [6, 6.07) is 12.1. The van der Waals surface area contributed by atoms with Crippen molar-refractivity contribution in [3.63, 3.8) is 0 Å². The van der Waals surface area contributed by atoms with E-state index in [1.54, 1.807) is 13.3 Å². The van der Waals surface area contributed by atoms with Gasteiger partial charge in [0.2, 0.25) is 0 Å². The molecule has 0 radical (unpaired) electrons. The number of nitrogens with zero attached hydrogens (tertiary/aromatic N) is 1. The zero-order valence-electron chi connectivity index (χ0n) is 9.47. The Morgan fingerprint density at radius 3 is 2.47 bits per heavy atom. The third-order valence-electron chi connectivity index (χ3n) is 3.00.